The highest BCUT2D eigenvalue weighted by Crippen LogP contribution is 2.60. The molecule has 4 aromatic rings. The number of hydrogen-bond donors (Lipinski definition) is 2. The molecule has 13 heteroatoms. The van der Waals surface area contributed by atoms with E-state index in [-0.39, 0.29) is 28.4 Å². The second-order valence-electron chi connectivity index (χ2n) is 11.0. The molecule has 0 spiro atoms. The number of benzene rings is 1. The van der Waals surface area contributed by atoms with E-state index in [4.69, 9.17) is 21.3 Å². The molecule has 1 aliphatic carbocycles. The molecule has 2 fully saturated rings. The summed E-state index contributed by atoms with van der Waals surface area (Å²) in [6, 6.07) is 7.00. The predicted octanol–water partition coefficient (Wildman–Crippen LogP) is 4.06. The Bertz CT molecular complexity index is 1760. The molecule has 1 saturated heterocycles. The van der Waals surface area contributed by atoms with Gasteiger partial charge in [-0.05, 0) is 49.4 Å². The van der Waals surface area contributed by atoms with Crippen LogP contribution in [-0.4, -0.2) is 56.7 Å². The molecule has 220 valence electrons. The zero-order chi connectivity index (χ0) is 29.9. The molecule has 4 heterocycles. The highest BCUT2D eigenvalue weighted by Gasteiger charge is 2.58. The van der Waals surface area contributed by atoms with Gasteiger partial charge in [0.05, 0.1) is 35.9 Å². The predicted molar refractivity (Wildman–Crippen MR) is 166 cm³/mol. The maximum absolute atomic E-state index is 13.7. The number of aryl methyl sites for hydroxylation is 2. The SMILES string of the molecule is COc1c(C2C3CN(c4nc5c(C(C)Nc6ccc(Cl)nc6C(=O)NSC)cc(C)cc5c(=O)n4C)CC32)cnn1C. The molecule has 1 saturated carbocycles. The fraction of sp³-hybridized carbons (Fsp3) is 0.414. The third-order valence-corrected chi connectivity index (χ3v) is 8.98. The van der Waals surface area contributed by atoms with Crippen LogP contribution in [0.15, 0.2) is 35.3 Å². The molecule has 42 heavy (non-hydrogen) atoms. The average Bonchev–Trinajstić information content (AvgIpc) is 3.25. The van der Waals surface area contributed by atoms with Crippen molar-refractivity contribution in [1.82, 2.24) is 29.0 Å². The number of carbonyl (C=O) groups excluding carboxylic acids is 1. The minimum atomic E-state index is -0.349. The minimum Gasteiger partial charge on any atom is -0.481 e. The Labute approximate surface area is 252 Å². The highest BCUT2D eigenvalue weighted by atomic mass is 35.5. The molecule has 11 nitrogen and oxygen atoms in total. The summed E-state index contributed by atoms with van der Waals surface area (Å²) in [4.78, 5) is 37.9. The molecule has 0 radical (unpaired) electrons. The average molecular weight is 609 g/mol. The van der Waals surface area contributed by atoms with E-state index in [9.17, 15) is 9.59 Å². The van der Waals surface area contributed by atoms with Crippen molar-refractivity contribution < 1.29 is 9.53 Å². The number of ether oxygens (including phenoxy) is 1. The molecule has 3 aromatic heterocycles. The molecule has 6 rings (SSSR count). The third kappa shape index (κ3) is 4.76. The van der Waals surface area contributed by atoms with Gasteiger partial charge < -0.3 is 15.0 Å². The van der Waals surface area contributed by atoms with E-state index in [1.165, 1.54) is 11.9 Å². The van der Waals surface area contributed by atoms with Crippen LogP contribution >= 0.6 is 23.5 Å². The second-order valence-corrected chi connectivity index (χ2v) is 12.0. The largest absolute Gasteiger partial charge is 0.481 e. The van der Waals surface area contributed by atoms with Gasteiger partial charge in [0.25, 0.3) is 11.5 Å². The Kier molecular flexibility index (Phi) is 7.30. The van der Waals surface area contributed by atoms with Crippen molar-refractivity contribution in [2.24, 2.45) is 25.9 Å². The number of carbonyl (C=O) groups is 1. The molecule has 1 amide bonds. The first-order valence-electron chi connectivity index (χ1n) is 13.7. The van der Waals surface area contributed by atoms with E-state index in [1.54, 1.807) is 41.8 Å². The van der Waals surface area contributed by atoms with Crippen LogP contribution in [0.2, 0.25) is 5.15 Å². The van der Waals surface area contributed by atoms with Gasteiger partial charge in [0, 0.05) is 50.5 Å². The number of amides is 1. The van der Waals surface area contributed by atoms with E-state index < -0.39 is 0 Å². The lowest BCUT2D eigenvalue weighted by Crippen LogP contribution is -2.32. The minimum absolute atomic E-state index is 0.0913. The van der Waals surface area contributed by atoms with E-state index in [2.05, 4.69) is 25.0 Å². The zero-order valence-corrected chi connectivity index (χ0v) is 25.9. The first-order chi connectivity index (χ1) is 20.1. The summed E-state index contributed by atoms with van der Waals surface area (Å²) in [6.07, 6.45) is 3.67. The summed E-state index contributed by atoms with van der Waals surface area (Å²) in [5.74, 6) is 2.42. The van der Waals surface area contributed by atoms with Crippen LogP contribution in [0.25, 0.3) is 10.9 Å². The zero-order valence-electron chi connectivity index (χ0n) is 24.3. The summed E-state index contributed by atoms with van der Waals surface area (Å²) in [6.45, 7) is 5.55. The molecular weight excluding hydrogens is 576 g/mol. The van der Waals surface area contributed by atoms with Gasteiger partial charge in [-0.15, -0.1) is 0 Å². The van der Waals surface area contributed by atoms with Crippen molar-refractivity contribution in [3.05, 3.63) is 68.4 Å². The van der Waals surface area contributed by atoms with Crippen LogP contribution in [0.1, 0.15) is 46.1 Å². The van der Waals surface area contributed by atoms with Crippen molar-refractivity contribution >= 4 is 52.0 Å². The van der Waals surface area contributed by atoms with Crippen molar-refractivity contribution in [1.29, 1.82) is 0 Å². The number of halogens is 1. The first kappa shape index (κ1) is 28.4. The third-order valence-electron chi connectivity index (χ3n) is 8.38. The van der Waals surface area contributed by atoms with Crippen LogP contribution in [0.4, 0.5) is 11.6 Å². The number of rotatable bonds is 8. The normalized spacial score (nSPS) is 20.0. The van der Waals surface area contributed by atoms with Gasteiger partial charge in [-0.3, -0.25) is 18.9 Å². The maximum atomic E-state index is 13.7. The van der Waals surface area contributed by atoms with Crippen LogP contribution < -0.4 is 25.2 Å². The van der Waals surface area contributed by atoms with Crippen molar-refractivity contribution in [3.8, 4) is 5.88 Å². The Morgan fingerprint density at radius 3 is 2.62 bits per heavy atom. The smallest absolute Gasteiger partial charge is 0.281 e. The van der Waals surface area contributed by atoms with E-state index in [1.807, 2.05) is 39.2 Å². The number of nitrogens with one attached hydrogen (secondary N) is 2. The Morgan fingerprint density at radius 2 is 1.93 bits per heavy atom. The van der Waals surface area contributed by atoms with Crippen LogP contribution in [0.5, 0.6) is 5.88 Å². The Hall–Kier alpha value is -3.77. The lowest BCUT2D eigenvalue weighted by Gasteiger charge is -2.25. The van der Waals surface area contributed by atoms with Gasteiger partial charge in [0.2, 0.25) is 11.8 Å². The van der Waals surface area contributed by atoms with Crippen molar-refractivity contribution in [3.63, 3.8) is 0 Å². The van der Waals surface area contributed by atoms with E-state index in [0.29, 0.717) is 40.3 Å². The van der Waals surface area contributed by atoms with Crippen LogP contribution in [0.3, 0.4) is 0 Å². The molecule has 1 aliphatic heterocycles. The van der Waals surface area contributed by atoms with Gasteiger partial charge in [-0.2, -0.15) is 5.10 Å². The molecule has 3 atom stereocenters. The molecule has 2 aliphatic rings. The number of aromatic nitrogens is 5. The lowest BCUT2D eigenvalue weighted by molar-refractivity contribution is 0.0980. The van der Waals surface area contributed by atoms with Gasteiger partial charge >= 0.3 is 0 Å². The molecule has 1 aromatic carbocycles. The van der Waals surface area contributed by atoms with Crippen LogP contribution in [0, 0.1) is 18.8 Å². The number of nitrogens with zero attached hydrogens (tertiary/aromatic N) is 6. The van der Waals surface area contributed by atoms with Crippen LogP contribution in [-0.2, 0) is 14.1 Å². The summed E-state index contributed by atoms with van der Waals surface area (Å²) in [7, 11) is 5.35. The molecule has 0 bridgehead atoms. The van der Waals surface area contributed by atoms with E-state index in [0.717, 1.165) is 35.7 Å². The summed E-state index contributed by atoms with van der Waals surface area (Å²) in [5, 5.41) is 8.58. The van der Waals surface area contributed by atoms with Crippen molar-refractivity contribution in [2.45, 2.75) is 25.8 Å². The van der Waals surface area contributed by atoms with Gasteiger partial charge in [0.15, 0.2) is 5.69 Å². The Balaban J connectivity index is 1.32. The number of piperidine rings is 1. The Morgan fingerprint density at radius 1 is 1.19 bits per heavy atom. The number of anilines is 2. The van der Waals surface area contributed by atoms with Gasteiger partial charge in [-0.25, -0.2) is 14.6 Å². The van der Waals surface area contributed by atoms with Crippen molar-refractivity contribution in [2.75, 3.05) is 36.7 Å². The quantitative estimate of drug-likeness (QED) is 0.225. The monoisotopic (exact) mass is 608 g/mol. The second kappa shape index (κ2) is 10.8. The molecular formula is C29H33ClN8O3S. The topological polar surface area (TPSA) is 119 Å². The number of hydrogen-bond acceptors (Lipinski definition) is 9. The fourth-order valence-corrected chi connectivity index (χ4v) is 6.83. The van der Waals surface area contributed by atoms with Gasteiger partial charge in [0.1, 0.15) is 5.15 Å². The number of methoxy groups -OCH3 is 1. The maximum Gasteiger partial charge on any atom is 0.281 e. The fourth-order valence-electron chi connectivity index (χ4n) is 6.40. The lowest BCUT2D eigenvalue weighted by atomic mass is 10.0. The van der Waals surface area contributed by atoms with E-state index >= 15 is 0 Å². The summed E-state index contributed by atoms with van der Waals surface area (Å²) < 4.78 is 11.7. The standard InChI is InChI=1S/C29H33ClN8O3S/c1-14-9-16(15(2)32-21-7-8-22(30)33-25(21)26(39)35-42-6)24-17(10-14)27(40)36(3)29(34-24)38-12-19-20(13-38)23(19)18-11-31-37(4)28(18)41-5/h7-11,15,19-20,23,32H,12-13H2,1-6H3,(H,35,39). The highest BCUT2D eigenvalue weighted by molar-refractivity contribution is 7.97. The first-order valence-corrected chi connectivity index (χ1v) is 15.3. The number of pyridine rings is 1. The molecule has 2 N–H and O–H groups in total. The summed E-state index contributed by atoms with van der Waals surface area (Å²) in [5.41, 5.74) is 4.23. The molecule has 3 unspecified atom stereocenters. The summed E-state index contributed by atoms with van der Waals surface area (Å²) >= 11 is 7.30. The van der Waals surface area contributed by atoms with Gasteiger partial charge in [-0.1, -0.05) is 29.6 Å². The number of fused-ring (bicyclic) bond motifs is 2.